The molecule has 2 aliphatic rings. The number of aromatic nitrogens is 2. The summed E-state index contributed by atoms with van der Waals surface area (Å²) in [4.78, 5) is 35.1. The number of methoxy groups -OCH3 is 1. The van der Waals surface area contributed by atoms with Crippen molar-refractivity contribution >= 4 is 11.9 Å². The van der Waals surface area contributed by atoms with E-state index in [1.54, 1.807) is 0 Å². The summed E-state index contributed by atoms with van der Waals surface area (Å²) in [5, 5.41) is 0. The molecule has 2 fully saturated rings. The normalized spacial score (nSPS) is 25.6. The van der Waals surface area contributed by atoms with Gasteiger partial charge >= 0.3 is 12.1 Å². The Hall–Kier alpha value is -2.18. The molecule has 25 heavy (non-hydrogen) atoms. The van der Waals surface area contributed by atoms with Crippen LogP contribution in [0.25, 0.3) is 0 Å². The third kappa shape index (κ3) is 3.75. The highest BCUT2D eigenvalue weighted by molar-refractivity contribution is 5.97. The van der Waals surface area contributed by atoms with Gasteiger partial charge in [0.1, 0.15) is 5.60 Å². The lowest BCUT2D eigenvalue weighted by atomic mass is 9.85. The number of amides is 1. The first-order chi connectivity index (χ1) is 11.8. The Morgan fingerprint density at radius 1 is 1.12 bits per heavy atom. The van der Waals surface area contributed by atoms with Gasteiger partial charge in [-0.25, -0.2) is 14.8 Å². The maximum absolute atomic E-state index is 12.8. The van der Waals surface area contributed by atoms with Crippen molar-refractivity contribution in [1.29, 1.82) is 0 Å². The zero-order valence-corrected chi connectivity index (χ0v) is 15.2. The fraction of sp³-hybridized carbons (Fsp3) is 0.667. The van der Waals surface area contributed by atoms with Crippen LogP contribution in [-0.4, -0.2) is 51.5 Å². The Labute approximate surface area is 147 Å². The first-order valence-electron chi connectivity index (χ1n) is 8.70. The van der Waals surface area contributed by atoms with Crippen LogP contribution < -0.4 is 4.74 Å². The third-order valence-electron chi connectivity index (χ3n) is 4.80. The Kier molecular flexibility index (Phi) is 4.67. The summed E-state index contributed by atoms with van der Waals surface area (Å²) in [6.07, 6.45) is 5.94. The van der Waals surface area contributed by atoms with Crippen LogP contribution in [-0.2, 0) is 4.74 Å². The zero-order valence-electron chi connectivity index (χ0n) is 15.2. The Morgan fingerprint density at radius 3 is 2.16 bits per heavy atom. The van der Waals surface area contributed by atoms with Crippen LogP contribution >= 0.6 is 0 Å². The monoisotopic (exact) mass is 347 g/mol. The van der Waals surface area contributed by atoms with Crippen LogP contribution in [0, 0.1) is 5.92 Å². The number of hydrogen-bond donors (Lipinski definition) is 0. The molecule has 0 saturated carbocycles. The second-order valence-electron chi connectivity index (χ2n) is 7.76. The van der Waals surface area contributed by atoms with Gasteiger partial charge in [-0.2, -0.15) is 0 Å². The van der Waals surface area contributed by atoms with Crippen LogP contribution in [0.15, 0.2) is 12.4 Å². The van der Waals surface area contributed by atoms with Crippen LogP contribution in [0.1, 0.15) is 56.8 Å². The van der Waals surface area contributed by atoms with Crippen LogP contribution in [0.5, 0.6) is 6.01 Å². The molecule has 7 heteroatoms. The van der Waals surface area contributed by atoms with Gasteiger partial charge in [-0.3, -0.25) is 4.79 Å². The molecule has 136 valence electrons. The zero-order chi connectivity index (χ0) is 18.2. The summed E-state index contributed by atoms with van der Waals surface area (Å²) in [5.41, 5.74) is -0.0141. The van der Waals surface area contributed by atoms with Gasteiger partial charge in [-0.05, 0) is 46.5 Å². The van der Waals surface area contributed by atoms with Gasteiger partial charge in [0.15, 0.2) is 5.78 Å². The fourth-order valence-corrected chi connectivity index (χ4v) is 3.79. The second kappa shape index (κ2) is 6.61. The van der Waals surface area contributed by atoms with Crippen molar-refractivity contribution in [3.63, 3.8) is 0 Å². The topological polar surface area (TPSA) is 81.6 Å². The van der Waals surface area contributed by atoms with Crippen molar-refractivity contribution in [3.8, 4) is 6.01 Å². The summed E-state index contributed by atoms with van der Waals surface area (Å²) in [6, 6.07) is 0.389. The molecular weight excluding hydrogens is 322 g/mol. The number of hydrogen-bond acceptors (Lipinski definition) is 6. The lowest BCUT2D eigenvalue weighted by Crippen LogP contribution is -2.49. The summed E-state index contributed by atoms with van der Waals surface area (Å²) in [7, 11) is 1.49. The summed E-state index contributed by atoms with van der Waals surface area (Å²) >= 11 is 0. The number of Topliss-reactive ketones (excluding diaryl/α,β-unsaturated/α-hetero) is 1. The molecule has 0 aliphatic carbocycles. The third-order valence-corrected chi connectivity index (χ3v) is 4.80. The van der Waals surface area contributed by atoms with Gasteiger partial charge in [0.05, 0.1) is 12.7 Å². The van der Waals surface area contributed by atoms with Crippen molar-refractivity contribution in [2.45, 2.75) is 64.1 Å². The average molecular weight is 347 g/mol. The minimum atomic E-state index is -0.510. The highest BCUT2D eigenvalue weighted by atomic mass is 16.6. The smallest absolute Gasteiger partial charge is 0.410 e. The Balaban J connectivity index is 1.68. The predicted molar refractivity (Wildman–Crippen MR) is 90.5 cm³/mol. The van der Waals surface area contributed by atoms with E-state index in [-0.39, 0.29) is 35.9 Å². The summed E-state index contributed by atoms with van der Waals surface area (Å²) in [6.45, 7) is 5.60. The standard InChI is InChI=1S/C18H25N3O4/c1-18(2,3)25-17(23)21-13-5-6-14(21)8-11(7-13)15(22)12-9-19-16(24-4)20-10-12/h9-11,13-14H,5-8H2,1-4H3. The van der Waals surface area contributed by atoms with E-state index in [0.29, 0.717) is 18.4 Å². The lowest BCUT2D eigenvalue weighted by Gasteiger charge is -2.39. The van der Waals surface area contributed by atoms with Crippen LogP contribution in [0.4, 0.5) is 4.79 Å². The molecule has 2 saturated heterocycles. The van der Waals surface area contributed by atoms with Crippen molar-refractivity contribution in [1.82, 2.24) is 14.9 Å². The lowest BCUT2D eigenvalue weighted by molar-refractivity contribution is 0.00253. The van der Waals surface area contributed by atoms with E-state index in [0.717, 1.165) is 12.8 Å². The first-order valence-corrected chi connectivity index (χ1v) is 8.70. The van der Waals surface area contributed by atoms with Gasteiger partial charge in [0.25, 0.3) is 0 Å². The van der Waals surface area contributed by atoms with Gasteiger partial charge < -0.3 is 14.4 Å². The molecule has 3 heterocycles. The molecule has 0 spiro atoms. The first kappa shape index (κ1) is 17.6. The highest BCUT2D eigenvalue weighted by Gasteiger charge is 2.46. The fourth-order valence-electron chi connectivity index (χ4n) is 3.79. The number of carbonyl (C=O) groups is 2. The molecule has 0 N–H and O–H groups in total. The minimum absolute atomic E-state index is 0.0448. The Bertz CT molecular complexity index is 639. The molecular formula is C18H25N3O4. The van der Waals surface area contributed by atoms with Crippen molar-refractivity contribution < 1.29 is 19.1 Å². The van der Waals surface area contributed by atoms with Crippen LogP contribution in [0.3, 0.4) is 0 Å². The molecule has 2 unspecified atom stereocenters. The maximum atomic E-state index is 12.8. The molecule has 3 rings (SSSR count). The number of ether oxygens (including phenoxy) is 2. The quantitative estimate of drug-likeness (QED) is 0.782. The van der Waals surface area contributed by atoms with E-state index in [1.165, 1.54) is 19.5 Å². The molecule has 0 radical (unpaired) electrons. The maximum Gasteiger partial charge on any atom is 0.410 e. The summed E-state index contributed by atoms with van der Waals surface area (Å²) in [5.74, 6) is -0.0587. The van der Waals surface area contributed by atoms with Crippen molar-refractivity contribution in [2.75, 3.05) is 7.11 Å². The van der Waals surface area contributed by atoms with Crippen molar-refractivity contribution in [3.05, 3.63) is 18.0 Å². The van der Waals surface area contributed by atoms with E-state index in [2.05, 4.69) is 9.97 Å². The van der Waals surface area contributed by atoms with Gasteiger partial charge in [-0.15, -0.1) is 0 Å². The molecule has 1 aromatic rings. The minimum Gasteiger partial charge on any atom is -0.467 e. The number of ketones is 1. The van der Waals surface area contributed by atoms with Gasteiger partial charge in [-0.1, -0.05) is 0 Å². The number of carbonyl (C=O) groups excluding carboxylic acids is 2. The van der Waals surface area contributed by atoms with E-state index in [1.807, 2.05) is 25.7 Å². The number of fused-ring (bicyclic) bond motifs is 2. The molecule has 2 atom stereocenters. The molecule has 2 bridgehead atoms. The molecule has 0 aromatic carbocycles. The predicted octanol–water partition coefficient (Wildman–Crippen LogP) is 2.85. The number of nitrogens with zero attached hydrogens (tertiary/aromatic N) is 3. The molecule has 7 nitrogen and oxygen atoms in total. The van der Waals surface area contributed by atoms with Gasteiger partial charge in [0, 0.05) is 30.4 Å². The molecule has 1 aromatic heterocycles. The second-order valence-corrected chi connectivity index (χ2v) is 7.76. The van der Waals surface area contributed by atoms with E-state index < -0.39 is 5.60 Å². The van der Waals surface area contributed by atoms with Crippen LogP contribution in [0.2, 0.25) is 0 Å². The summed E-state index contributed by atoms with van der Waals surface area (Å²) < 4.78 is 10.5. The average Bonchev–Trinajstić information content (AvgIpc) is 2.83. The van der Waals surface area contributed by atoms with E-state index in [4.69, 9.17) is 9.47 Å². The van der Waals surface area contributed by atoms with E-state index >= 15 is 0 Å². The number of piperidine rings is 1. The largest absolute Gasteiger partial charge is 0.467 e. The van der Waals surface area contributed by atoms with Gasteiger partial charge in [0.2, 0.25) is 0 Å². The van der Waals surface area contributed by atoms with E-state index in [9.17, 15) is 9.59 Å². The number of rotatable bonds is 3. The molecule has 2 aliphatic heterocycles. The SMILES string of the molecule is COc1ncc(C(=O)C2CC3CCC(C2)N3C(=O)OC(C)(C)C)cn1. The molecule has 1 amide bonds. The highest BCUT2D eigenvalue weighted by Crippen LogP contribution is 2.40. The Morgan fingerprint density at radius 2 is 1.68 bits per heavy atom. The van der Waals surface area contributed by atoms with Crippen molar-refractivity contribution in [2.24, 2.45) is 5.92 Å².